The molecule has 0 amide bonds. The third kappa shape index (κ3) is 6.02. The first-order valence-corrected chi connectivity index (χ1v) is 14.9. The van der Waals surface area contributed by atoms with Crippen LogP contribution in [-0.4, -0.2) is 54.6 Å². The SMILES string of the molecule is NS(=O)(=O)OC[C@H]1C[C@@H](Nc2ncncc2C(=O)c2cc([C@H]3NCCc4ccc(Cl)cc43)c(Cl)s2)C[C@@H]1O. The number of hydrogen-bond donors (Lipinski definition) is 4. The van der Waals surface area contributed by atoms with Gasteiger partial charge in [0.2, 0.25) is 5.78 Å². The lowest BCUT2D eigenvalue weighted by Crippen LogP contribution is -2.30. The number of fused-ring (bicyclic) bond motifs is 1. The summed E-state index contributed by atoms with van der Waals surface area (Å²) >= 11 is 14.1. The van der Waals surface area contributed by atoms with Crippen LogP contribution in [0.2, 0.25) is 9.36 Å². The van der Waals surface area contributed by atoms with Crippen molar-refractivity contribution in [2.75, 3.05) is 18.5 Å². The Morgan fingerprint density at radius 1 is 1.26 bits per heavy atom. The Balaban J connectivity index is 1.35. The maximum absolute atomic E-state index is 13.6. The van der Waals surface area contributed by atoms with Crippen molar-refractivity contribution in [3.63, 3.8) is 0 Å². The summed E-state index contributed by atoms with van der Waals surface area (Å²) in [6.07, 6.45) is 3.56. The highest BCUT2D eigenvalue weighted by Crippen LogP contribution is 2.39. The lowest BCUT2D eigenvalue weighted by molar-refractivity contribution is 0.101. The third-order valence-corrected chi connectivity index (χ3v) is 8.90. The minimum Gasteiger partial charge on any atom is -0.393 e. The predicted octanol–water partition coefficient (Wildman–Crippen LogP) is 3.08. The van der Waals surface area contributed by atoms with E-state index >= 15 is 0 Å². The van der Waals surface area contributed by atoms with E-state index in [4.69, 9.17) is 28.3 Å². The molecule has 2 aliphatic rings. The Bertz CT molecular complexity index is 1470. The Hall–Kier alpha value is -2.16. The molecule has 3 aromatic rings. The quantitative estimate of drug-likeness (QED) is 0.286. The first-order chi connectivity index (χ1) is 18.1. The number of aromatic nitrogens is 2. The molecule has 0 saturated heterocycles. The number of anilines is 1. The molecule has 5 rings (SSSR count). The largest absolute Gasteiger partial charge is 0.393 e. The molecule has 0 unspecified atom stereocenters. The van der Waals surface area contributed by atoms with Crippen LogP contribution in [0.15, 0.2) is 36.8 Å². The highest BCUT2D eigenvalue weighted by atomic mass is 35.5. The van der Waals surface area contributed by atoms with E-state index in [1.165, 1.54) is 29.4 Å². The van der Waals surface area contributed by atoms with Crippen LogP contribution in [-0.2, 0) is 20.9 Å². The van der Waals surface area contributed by atoms with Gasteiger partial charge < -0.3 is 15.7 Å². The van der Waals surface area contributed by atoms with Gasteiger partial charge in [-0.1, -0.05) is 29.3 Å². The second kappa shape index (κ2) is 11.1. The summed E-state index contributed by atoms with van der Waals surface area (Å²) in [7, 11) is -4.11. The molecule has 10 nitrogen and oxygen atoms in total. The van der Waals surface area contributed by atoms with Crippen molar-refractivity contribution < 1.29 is 22.5 Å². The minimum absolute atomic E-state index is 0.191. The Labute approximate surface area is 233 Å². The molecule has 1 aliphatic heterocycles. The van der Waals surface area contributed by atoms with E-state index in [1.807, 2.05) is 18.2 Å². The Morgan fingerprint density at radius 3 is 2.87 bits per heavy atom. The molecule has 38 heavy (non-hydrogen) atoms. The van der Waals surface area contributed by atoms with E-state index in [0.29, 0.717) is 32.9 Å². The monoisotopic (exact) mass is 597 g/mol. The van der Waals surface area contributed by atoms with Crippen LogP contribution in [0.25, 0.3) is 0 Å². The topological polar surface area (TPSA) is 157 Å². The predicted molar refractivity (Wildman–Crippen MR) is 145 cm³/mol. The lowest BCUT2D eigenvalue weighted by atomic mass is 9.91. The molecule has 1 aromatic carbocycles. The van der Waals surface area contributed by atoms with Crippen molar-refractivity contribution in [1.82, 2.24) is 15.3 Å². The van der Waals surface area contributed by atoms with Gasteiger partial charge in [0.15, 0.2) is 0 Å². The van der Waals surface area contributed by atoms with Gasteiger partial charge in [-0.15, -0.1) is 11.3 Å². The van der Waals surface area contributed by atoms with Crippen LogP contribution in [0.3, 0.4) is 0 Å². The van der Waals surface area contributed by atoms with Gasteiger partial charge in [-0.2, -0.15) is 8.42 Å². The number of aliphatic hydroxyl groups excluding tert-OH is 1. The van der Waals surface area contributed by atoms with Gasteiger partial charge in [-0.3, -0.25) is 8.98 Å². The normalized spacial score (nSPS) is 23.3. The number of benzene rings is 1. The number of carbonyl (C=O) groups excluding carboxylic acids is 1. The molecule has 0 radical (unpaired) electrons. The van der Waals surface area contributed by atoms with Gasteiger partial charge in [-0.05, 0) is 48.6 Å². The average molecular weight is 599 g/mol. The Kier molecular flexibility index (Phi) is 8.04. The molecule has 3 heterocycles. The van der Waals surface area contributed by atoms with Crippen molar-refractivity contribution in [1.29, 1.82) is 0 Å². The van der Waals surface area contributed by atoms with Crippen molar-refractivity contribution in [2.24, 2.45) is 11.1 Å². The standard InChI is InChI=1S/C24H25Cl2N5O5S2/c25-14-2-1-12-3-4-29-21(16(12)6-14)17-8-20(37-23(17)26)22(33)18-9-28-11-30-24(18)31-15-5-13(19(32)7-15)10-36-38(27,34)35/h1-2,6,8-9,11,13,15,19,21,29,32H,3-5,7,10H2,(H2,27,34,35)(H,28,30,31)/t13-,15-,19+,21+/m1/s1. The van der Waals surface area contributed by atoms with E-state index < -0.39 is 22.3 Å². The van der Waals surface area contributed by atoms with Crippen LogP contribution in [0.4, 0.5) is 5.82 Å². The summed E-state index contributed by atoms with van der Waals surface area (Å²) in [5, 5.41) is 22.6. The van der Waals surface area contributed by atoms with Gasteiger partial charge >= 0.3 is 10.3 Å². The smallest absolute Gasteiger partial charge is 0.333 e. The number of thiophene rings is 1. The number of aliphatic hydroxyl groups is 1. The van der Waals surface area contributed by atoms with Crippen molar-refractivity contribution >= 4 is 56.4 Å². The summed E-state index contributed by atoms with van der Waals surface area (Å²) in [4.78, 5) is 22.3. The molecule has 1 aliphatic carbocycles. The Morgan fingerprint density at radius 2 is 2.08 bits per heavy atom. The molecule has 4 atom stereocenters. The third-order valence-electron chi connectivity index (χ3n) is 6.81. The number of nitrogens with one attached hydrogen (secondary N) is 2. The molecule has 0 spiro atoms. The summed E-state index contributed by atoms with van der Waals surface area (Å²) in [5.74, 6) is -0.417. The van der Waals surface area contributed by atoms with Crippen LogP contribution < -0.4 is 15.8 Å². The number of carbonyl (C=O) groups is 1. The number of nitrogens with two attached hydrogens (primary N) is 1. The van der Waals surface area contributed by atoms with Gasteiger partial charge in [-0.25, -0.2) is 15.1 Å². The molecule has 14 heteroatoms. The minimum atomic E-state index is -4.11. The number of hydrogen-bond acceptors (Lipinski definition) is 10. The summed E-state index contributed by atoms with van der Waals surface area (Å²) in [5.41, 5.74) is 3.28. The summed E-state index contributed by atoms with van der Waals surface area (Å²) < 4.78 is 27.4. The molecular formula is C24H25Cl2N5O5S2. The molecule has 5 N–H and O–H groups in total. The van der Waals surface area contributed by atoms with Crippen LogP contribution in [0, 0.1) is 5.92 Å². The van der Waals surface area contributed by atoms with E-state index in [2.05, 4.69) is 24.8 Å². The summed E-state index contributed by atoms with van der Waals surface area (Å²) in [6, 6.07) is 7.14. The highest BCUT2D eigenvalue weighted by Gasteiger charge is 2.35. The molecule has 1 saturated carbocycles. The number of nitrogens with zero attached hydrogens (tertiary/aromatic N) is 2. The van der Waals surface area contributed by atoms with E-state index in [9.17, 15) is 18.3 Å². The van der Waals surface area contributed by atoms with Crippen molar-refractivity contribution in [2.45, 2.75) is 37.5 Å². The molecule has 202 valence electrons. The maximum Gasteiger partial charge on any atom is 0.333 e. The van der Waals surface area contributed by atoms with Crippen LogP contribution in [0.1, 0.15) is 50.8 Å². The fraction of sp³-hybridized carbons (Fsp3) is 0.375. The molecule has 1 fully saturated rings. The second-order valence-corrected chi connectivity index (χ2v) is 12.7. The van der Waals surface area contributed by atoms with Crippen LogP contribution in [0.5, 0.6) is 0 Å². The van der Waals surface area contributed by atoms with Crippen molar-refractivity contribution in [3.8, 4) is 0 Å². The summed E-state index contributed by atoms with van der Waals surface area (Å²) in [6.45, 7) is 0.541. The van der Waals surface area contributed by atoms with Gasteiger partial charge in [0.05, 0.1) is 33.5 Å². The van der Waals surface area contributed by atoms with Gasteiger partial charge in [0.25, 0.3) is 0 Å². The molecular weight excluding hydrogens is 573 g/mol. The zero-order chi connectivity index (χ0) is 27.0. The number of rotatable bonds is 8. The average Bonchev–Trinajstić information content (AvgIpc) is 3.43. The first kappa shape index (κ1) is 27.4. The van der Waals surface area contributed by atoms with Gasteiger partial charge in [0, 0.05) is 35.3 Å². The highest BCUT2D eigenvalue weighted by molar-refractivity contribution is 7.84. The van der Waals surface area contributed by atoms with Crippen molar-refractivity contribution in [3.05, 3.63) is 73.3 Å². The van der Waals surface area contributed by atoms with E-state index in [-0.39, 0.29) is 30.0 Å². The zero-order valence-electron chi connectivity index (χ0n) is 19.9. The van der Waals surface area contributed by atoms with E-state index in [0.717, 1.165) is 24.1 Å². The fourth-order valence-electron chi connectivity index (χ4n) is 5.01. The zero-order valence-corrected chi connectivity index (χ0v) is 23.1. The molecule has 2 aromatic heterocycles. The number of halogens is 2. The van der Waals surface area contributed by atoms with Gasteiger partial charge in [0.1, 0.15) is 12.1 Å². The lowest BCUT2D eigenvalue weighted by Gasteiger charge is -2.27. The fourth-order valence-corrected chi connectivity index (χ4v) is 6.85. The number of ketones is 1. The first-order valence-electron chi connectivity index (χ1n) is 11.9. The second-order valence-electron chi connectivity index (χ2n) is 9.35. The molecule has 0 bridgehead atoms. The maximum atomic E-state index is 13.6. The van der Waals surface area contributed by atoms with E-state index in [1.54, 1.807) is 6.07 Å². The van der Waals surface area contributed by atoms with Crippen LogP contribution >= 0.6 is 34.5 Å².